The quantitative estimate of drug-likeness (QED) is 0.770. The monoisotopic (exact) mass is 267 g/mol. The summed E-state index contributed by atoms with van der Waals surface area (Å²) >= 11 is 0. The van der Waals surface area contributed by atoms with Crippen molar-refractivity contribution in [2.75, 3.05) is 5.32 Å². The number of benzene rings is 1. The van der Waals surface area contributed by atoms with Gasteiger partial charge in [0.2, 0.25) is 0 Å². The molecule has 1 N–H and O–H groups in total. The number of hydrogen-bond donors (Lipinski definition) is 1. The average molecular weight is 267 g/mol. The second-order valence-electron chi connectivity index (χ2n) is 4.82. The van der Waals surface area contributed by atoms with Gasteiger partial charge in [0.05, 0.1) is 19.1 Å². The summed E-state index contributed by atoms with van der Waals surface area (Å²) in [5, 5.41) is 3.39. The van der Waals surface area contributed by atoms with Gasteiger partial charge in [-0.3, -0.25) is 0 Å². The normalized spacial score (nSPS) is 10.7. The Hall–Kier alpha value is -2.49. The highest BCUT2D eigenvalue weighted by Gasteiger charge is 2.02. The van der Waals surface area contributed by atoms with Crippen LogP contribution in [0.4, 0.5) is 5.69 Å². The van der Waals surface area contributed by atoms with Crippen molar-refractivity contribution in [3.05, 3.63) is 72.2 Å². The molecular weight excluding hydrogens is 250 g/mol. The van der Waals surface area contributed by atoms with Gasteiger partial charge in [-0.25, -0.2) is 4.98 Å². The second-order valence-corrected chi connectivity index (χ2v) is 4.82. The molecule has 1 aromatic carbocycles. The van der Waals surface area contributed by atoms with Crippen LogP contribution in [-0.4, -0.2) is 9.55 Å². The van der Waals surface area contributed by atoms with Crippen LogP contribution in [0.2, 0.25) is 0 Å². The number of nitrogens with one attached hydrogen (secondary N) is 1. The molecule has 4 nitrogen and oxygen atoms in total. The van der Waals surface area contributed by atoms with E-state index in [9.17, 15) is 0 Å². The first-order valence-electron chi connectivity index (χ1n) is 6.63. The van der Waals surface area contributed by atoms with E-state index in [4.69, 9.17) is 4.42 Å². The largest absolute Gasteiger partial charge is 0.467 e. The van der Waals surface area contributed by atoms with E-state index in [1.165, 1.54) is 11.1 Å². The lowest BCUT2D eigenvalue weighted by atomic mass is 10.2. The molecule has 0 saturated heterocycles. The summed E-state index contributed by atoms with van der Waals surface area (Å²) in [7, 11) is 0. The lowest BCUT2D eigenvalue weighted by Gasteiger charge is -2.08. The second kappa shape index (κ2) is 5.65. The van der Waals surface area contributed by atoms with E-state index in [1.807, 2.05) is 18.6 Å². The zero-order valence-electron chi connectivity index (χ0n) is 11.4. The molecule has 0 aliphatic carbocycles. The van der Waals surface area contributed by atoms with E-state index < -0.39 is 0 Å². The van der Waals surface area contributed by atoms with Crippen LogP contribution in [0.5, 0.6) is 0 Å². The molecule has 0 spiro atoms. The summed E-state index contributed by atoms with van der Waals surface area (Å²) < 4.78 is 7.48. The van der Waals surface area contributed by atoms with E-state index in [0.717, 1.165) is 18.0 Å². The highest BCUT2D eigenvalue weighted by Crippen LogP contribution is 2.15. The predicted molar refractivity (Wildman–Crippen MR) is 78.5 cm³/mol. The third-order valence-electron chi connectivity index (χ3n) is 3.27. The average Bonchev–Trinajstić information content (AvgIpc) is 3.09. The molecule has 0 unspecified atom stereocenters. The molecule has 0 aliphatic heterocycles. The van der Waals surface area contributed by atoms with Crippen molar-refractivity contribution in [2.24, 2.45) is 0 Å². The van der Waals surface area contributed by atoms with Gasteiger partial charge in [0.25, 0.3) is 0 Å². The lowest BCUT2D eigenvalue weighted by Crippen LogP contribution is -2.01. The highest BCUT2D eigenvalue weighted by atomic mass is 16.3. The minimum atomic E-state index is 0.702. The van der Waals surface area contributed by atoms with Gasteiger partial charge < -0.3 is 14.3 Å². The fraction of sp³-hybridized carbons (Fsp3) is 0.188. The van der Waals surface area contributed by atoms with E-state index in [0.29, 0.717) is 6.54 Å². The minimum absolute atomic E-state index is 0.702. The molecule has 102 valence electrons. The van der Waals surface area contributed by atoms with Crippen molar-refractivity contribution in [1.82, 2.24) is 9.55 Å². The Morgan fingerprint density at radius 3 is 3.00 bits per heavy atom. The molecule has 0 saturated carbocycles. The maximum Gasteiger partial charge on any atom is 0.125 e. The van der Waals surface area contributed by atoms with E-state index in [1.54, 1.807) is 12.5 Å². The van der Waals surface area contributed by atoms with Crippen LogP contribution in [-0.2, 0) is 13.1 Å². The van der Waals surface area contributed by atoms with Crippen molar-refractivity contribution in [3.63, 3.8) is 0 Å². The number of rotatable bonds is 5. The standard InChI is InChI=1S/C16H17N3O/c1-13-5-8-20-16(13)10-18-15-4-2-3-14(9-15)11-19-7-6-17-12-19/h2-9,12,18H,10-11H2,1H3. The molecule has 0 fully saturated rings. The summed E-state index contributed by atoms with van der Waals surface area (Å²) in [4.78, 5) is 4.06. The molecule has 20 heavy (non-hydrogen) atoms. The van der Waals surface area contributed by atoms with Crippen LogP contribution in [0, 0.1) is 6.92 Å². The first-order chi connectivity index (χ1) is 9.81. The third kappa shape index (κ3) is 2.91. The van der Waals surface area contributed by atoms with Gasteiger partial charge in [-0.1, -0.05) is 12.1 Å². The number of aromatic nitrogens is 2. The summed E-state index contributed by atoms with van der Waals surface area (Å²) in [5.41, 5.74) is 3.51. The van der Waals surface area contributed by atoms with Crippen LogP contribution in [0.25, 0.3) is 0 Å². The Morgan fingerprint density at radius 2 is 2.25 bits per heavy atom. The van der Waals surface area contributed by atoms with Gasteiger partial charge in [-0.15, -0.1) is 0 Å². The smallest absolute Gasteiger partial charge is 0.125 e. The Morgan fingerprint density at radius 1 is 1.30 bits per heavy atom. The van der Waals surface area contributed by atoms with Crippen molar-refractivity contribution in [3.8, 4) is 0 Å². The molecule has 3 aromatic rings. The van der Waals surface area contributed by atoms with Crippen LogP contribution >= 0.6 is 0 Å². The topological polar surface area (TPSA) is 43.0 Å². The number of hydrogen-bond acceptors (Lipinski definition) is 3. The Balaban J connectivity index is 1.67. The molecule has 3 rings (SSSR count). The Bertz CT molecular complexity index is 671. The van der Waals surface area contributed by atoms with E-state index in [2.05, 4.69) is 46.1 Å². The van der Waals surface area contributed by atoms with Crippen LogP contribution < -0.4 is 5.32 Å². The Kier molecular flexibility index (Phi) is 3.54. The summed E-state index contributed by atoms with van der Waals surface area (Å²) in [6, 6.07) is 10.4. The first kappa shape index (κ1) is 12.5. The SMILES string of the molecule is Cc1ccoc1CNc1cccc(Cn2ccnc2)c1. The fourth-order valence-electron chi connectivity index (χ4n) is 2.14. The summed E-state index contributed by atoms with van der Waals surface area (Å²) in [5.74, 6) is 0.977. The molecular formula is C16H17N3O. The van der Waals surface area contributed by atoms with Gasteiger partial charge in [0.15, 0.2) is 0 Å². The Labute approximate surface area is 118 Å². The zero-order valence-corrected chi connectivity index (χ0v) is 11.4. The van der Waals surface area contributed by atoms with Crippen LogP contribution in [0.3, 0.4) is 0 Å². The van der Waals surface area contributed by atoms with Gasteiger partial charge in [-0.2, -0.15) is 0 Å². The third-order valence-corrected chi connectivity index (χ3v) is 3.27. The molecule has 0 aliphatic rings. The molecule has 2 aromatic heterocycles. The van der Waals surface area contributed by atoms with Gasteiger partial charge in [0.1, 0.15) is 5.76 Å². The van der Waals surface area contributed by atoms with Gasteiger partial charge >= 0.3 is 0 Å². The van der Waals surface area contributed by atoms with Crippen LogP contribution in [0.1, 0.15) is 16.9 Å². The zero-order chi connectivity index (χ0) is 13.8. The van der Waals surface area contributed by atoms with Crippen molar-refractivity contribution in [2.45, 2.75) is 20.0 Å². The van der Waals surface area contributed by atoms with Gasteiger partial charge in [-0.05, 0) is 36.2 Å². The number of furan rings is 1. The van der Waals surface area contributed by atoms with E-state index in [-0.39, 0.29) is 0 Å². The van der Waals surface area contributed by atoms with Gasteiger partial charge in [0, 0.05) is 24.6 Å². The molecule has 0 radical (unpaired) electrons. The van der Waals surface area contributed by atoms with Crippen LogP contribution in [0.15, 0.2) is 59.7 Å². The molecule has 0 amide bonds. The number of nitrogens with zero attached hydrogens (tertiary/aromatic N) is 2. The van der Waals surface area contributed by atoms with Crippen molar-refractivity contribution >= 4 is 5.69 Å². The van der Waals surface area contributed by atoms with E-state index >= 15 is 0 Å². The van der Waals surface area contributed by atoms with Crippen molar-refractivity contribution < 1.29 is 4.42 Å². The highest BCUT2D eigenvalue weighted by molar-refractivity contribution is 5.46. The first-order valence-corrected chi connectivity index (χ1v) is 6.63. The predicted octanol–water partition coefficient (Wildman–Crippen LogP) is 3.44. The molecule has 0 bridgehead atoms. The maximum absolute atomic E-state index is 5.43. The molecule has 0 atom stereocenters. The summed E-state index contributed by atoms with van der Waals surface area (Å²) in [6.45, 7) is 3.58. The minimum Gasteiger partial charge on any atom is -0.467 e. The fourth-order valence-corrected chi connectivity index (χ4v) is 2.14. The summed E-state index contributed by atoms with van der Waals surface area (Å²) in [6.07, 6.45) is 7.31. The number of aryl methyl sites for hydroxylation is 1. The number of anilines is 1. The number of imidazole rings is 1. The molecule has 4 heteroatoms. The lowest BCUT2D eigenvalue weighted by molar-refractivity contribution is 0.515. The maximum atomic E-state index is 5.43. The molecule has 2 heterocycles. The van der Waals surface area contributed by atoms with Crippen molar-refractivity contribution in [1.29, 1.82) is 0 Å².